The fraction of sp³-hybridized carbons (Fsp3) is 0.500. The molecule has 1 saturated heterocycles. The van der Waals surface area contributed by atoms with Gasteiger partial charge in [0.1, 0.15) is 0 Å². The standard InChI is InChI=1S/C16H22N4O2S/c21-16(17-6-4-15-3-1-10-23-15)13-19-8-9-22-14(11-19)12-20-7-2-5-18-20/h1-3,5,7,10,14H,4,6,8-9,11-13H2,(H,17,21)/t14-/m0/s1. The summed E-state index contributed by atoms with van der Waals surface area (Å²) in [6.45, 7) is 4.08. The van der Waals surface area contributed by atoms with Crippen molar-refractivity contribution in [3.63, 3.8) is 0 Å². The molecule has 0 aliphatic carbocycles. The highest BCUT2D eigenvalue weighted by Crippen LogP contribution is 2.09. The third kappa shape index (κ3) is 5.16. The lowest BCUT2D eigenvalue weighted by Crippen LogP contribution is -2.48. The Hall–Kier alpha value is -1.70. The molecule has 1 amide bonds. The first-order valence-electron chi connectivity index (χ1n) is 7.90. The van der Waals surface area contributed by atoms with Gasteiger partial charge in [-0.1, -0.05) is 6.07 Å². The van der Waals surface area contributed by atoms with Crippen LogP contribution in [0.3, 0.4) is 0 Å². The van der Waals surface area contributed by atoms with Gasteiger partial charge in [-0.3, -0.25) is 14.4 Å². The van der Waals surface area contributed by atoms with Crippen molar-refractivity contribution in [1.82, 2.24) is 20.0 Å². The van der Waals surface area contributed by atoms with Gasteiger partial charge in [-0.25, -0.2) is 0 Å². The molecule has 1 atom stereocenters. The molecule has 7 heteroatoms. The van der Waals surface area contributed by atoms with Crippen molar-refractivity contribution in [1.29, 1.82) is 0 Å². The first kappa shape index (κ1) is 16.2. The Labute approximate surface area is 140 Å². The molecule has 1 N–H and O–H groups in total. The molecule has 2 aromatic heterocycles. The predicted octanol–water partition coefficient (Wildman–Crippen LogP) is 1.00. The number of amides is 1. The highest BCUT2D eigenvalue weighted by molar-refractivity contribution is 7.09. The van der Waals surface area contributed by atoms with Gasteiger partial charge in [0, 0.05) is 36.9 Å². The van der Waals surface area contributed by atoms with Gasteiger partial charge in [0.2, 0.25) is 5.91 Å². The number of hydrogen-bond donors (Lipinski definition) is 1. The summed E-state index contributed by atoms with van der Waals surface area (Å²) in [6.07, 6.45) is 4.68. The number of rotatable bonds is 7. The van der Waals surface area contributed by atoms with Crippen molar-refractivity contribution >= 4 is 17.2 Å². The fourth-order valence-corrected chi connectivity index (χ4v) is 3.40. The number of thiophene rings is 1. The maximum Gasteiger partial charge on any atom is 0.234 e. The number of aromatic nitrogens is 2. The second-order valence-electron chi connectivity index (χ2n) is 5.64. The second kappa shape index (κ2) is 8.24. The van der Waals surface area contributed by atoms with Gasteiger partial charge in [-0.05, 0) is 23.9 Å². The lowest BCUT2D eigenvalue weighted by Gasteiger charge is -2.32. The average molecular weight is 334 g/mol. The van der Waals surface area contributed by atoms with Crippen molar-refractivity contribution in [2.24, 2.45) is 0 Å². The van der Waals surface area contributed by atoms with Crippen LogP contribution in [0.4, 0.5) is 0 Å². The van der Waals surface area contributed by atoms with Crippen LogP contribution in [0.1, 0.15) is 4.88 Å². The minimum absolute atomic E-state index is 0.0845. The molecule has 0 bridgehead atoms. The lowest BCUT2D eigenvalue weighted by atomic mass is 10.2. The zero-order valence-electron chi connectivity index (χ0n) is 13.1. The van der Waals surface area contributed by atoms with E-state index in [9.17, 15) is 4.79 Å². The largest absolute Gasteiger partial charge is 0.374 e. The Kier molecular flexibility index (Phi) is 5.79. The third-order valence-electron chi connectivity index (χ3n) is 3.81. The number of ether oxygens (including phenoxy) is 1. The molecule has 0 saturated carbocycles. The van der Waals surface area contributed by atoms with Crippen LogP contribution in [0.2, 0.25) is 0 Å². The molecule has 2 aromatic rings. The summed E-state index contributed by atoms with van der Waals surface area (Å²) >= 11 is 1.73. The van der Waals surface area contributed by atoms with Crippen molar-refractivity contribution in [2.45, 2.75) is 19.1 Å². The van der Waals surface area contributed by atoms with Crippen LogP contribution in [0.15, 0.2) is 36.0 Å². The highest BCUT2D eigenvalue weighted by Gasteiger charge is 2.22. The normalized spacial score (nSPS) is 18.9. The van der Waals surface area contributed by atoms with E-state index >= 15 is 0 Å². The molecule has 3 rings (SSSR count). The third-order valence-corrected chi connectivity index (χ3v) is 4.75. The summed E-state index contributed by atoms with van der Waals surface area (Å²) in [7, 11) is 0. The highest BCUT2D eigenvalue weighted by atomic mass is 32.1. The van der Waals surface area contributed by atoms with E-state index in [1.165, 1.54) is 4.88 Å². The van der Waals surface area contributed by atoms with Crippen molar-refractivity contribution in [2.75, 3.05) is 32.8 Å². The van der Waals surface area contributed by atoms with Crippen LogP contribution in [-0.4, -0.2) is 59.5 Å². The van der Waals surface area contributed by atoms with E-state index in [0.717, 1.165) is 26.1 Å². The Morgan fingerprint density at radius 2 is 2.43 bits per heavy atom. The number of nitrogens with one attached hydrogen (secondary N) is 1. The zero-order valence-corrected chi connectivity index (χ0v) is 13.9. The van der Waals surface area contributed by atoms with E-state index in [1.807, 2.05) is 23.0 Å². The maximum atomic E-state index is 12.1. The Morgan fingerprint density at radius 3 is 3.22 bits per heavy atom. The van der Waals surface area contributed by atoms with Crippen molar-refractivity contribution < 1.29 is 9.53 Å². The van der Waals surface area contributed by atoms with Crippen LogP contribution in [0.25, 0.3) is 0 Å². The van der Waals surface area contributed by atoms with Gasteiger partial charge in [0.25, 0.3) is 0 Å². The topological polar surface area (TPSA) is 59.4 Å². The molecule has 0 radical (unpaired) electrons. The molecule has 1 fully saturated rings. The van der Waals surface area contributed by atoms with Crippen molar-refractivity contribution in [3.05, 3.63) is 40.8 Å². The fourth-order valence-electron chi connectivity index (χ4n) is 2.69. The van der Waals surface area contributed by atoms with E-state index in [0.29, 0.717) is 19.7 Å². The number of carbonyl (C=O) groups excluding carboxylic acids is 1. The van der Waals surface area contributed by atoms with Crippen LogP contribution in [-0.2, 0) is 22.5 Å². The predicted molar refractivity (Wildman–Crippen MR) is 89.4 cm³/mol. The van der Waals surface area contributed by atoms with E-state index in [4.69, 9.17) is 4.74 Å². The molecular weight excluding hydrogens is 312 g/mol. The summed E-state index contributed by atoms with van der Waals surface area (Å²) in [5.74, 6) is 0.0845. The number of morpholine rings is 1. The van der Waals surface area contributed by atoms with Crippen molar-refractivity contribution in [3.8, 4) is 0 Å². The SMILES string of the molecule is O=C(CN1CCO[C@H](Cn2cccn2)C1)NCCc1cccs1. The first-order chi connectivity index (χ1) is 11.3. The zero-order chi connectivity index (χ0) is 15.9. The average Bonchev–Trinajstić information content (AvgIpc) is 3.21. The quantitative estimate of drug-likeness (QED) is 0.821. The molecule has 6 nitrogen and oxygen atoms in total. The second-order valence-corrected chi connectivity index (χ2v) is 6.67. The van der Waals surface area contributed by atoms with E-state index in [1.54, 1.807) is 17.5 Å². The number of carbonyl (C=O) groups is 1. The van der Waals surface area contributed by atoms with Gasteiger partial charge < -0.3 is 10.1 Å². The Balaban J connectivity index is 1.37. The molecule has 0 spiro atoms. The molecular formula is C16H22N4O2S. The van der Waals surface area contributed by atoms with E-state index in [2.05, 4.69) is 26.8 Å². The monoisotopic (exact) mass is 334 g/mol. The molecule has 0 unspecified atom stereocenters. The van der Waals surface area contributed by atoms with Gasteiger partial charge in [0.05, 0.1) is 25.8 Å². The minimum Gasteiger partial charge on any atom is -0.374 e. The molecule has 23 heavy (non-hydrogen) atoms. The van der Waals surface area contributed by atoms with Gasteiger partial charge >= 0.3 is 0 Å². The molecule has 1 aliphatic heterocycles. The van der Waals surface area contributed by atoms with Gasteiger partial charge in [-0.15, -0.1) is 11.3 Å². The Bertz CT molecular complexity index is 585. The molecule has 3 heterocycles. The lowest BCUT2D eigenvalue weighted by molar-refractivity contribution is -0.124. The van der Waals surface area contributed by atoms with Gasteiger partial charge in [0.15, 0.2) is 0 Å². The smallest absolute Gasteiger partial charge is 0.234 e. The summed E-state index contributed by atoms with van der Waals surface area (Å²) in [4.78, 5) is 15.5. The minimum atomic E-state index is 0.0845. The van der Waals surface area contributed by atoms with E-state index in [-0.39, 0.29) is 12.0 Å². The summed E-state index contributed by atoms with van der Waals surface area (Å²) in [6, 6.07) is 6.04. The molecule has 0 aromatic carbocycles. The molecule has 1 aliphatic rings. The number of hydrogen-bond acceptors (Lipinski definition) is 5. The summed E-state index contributed by atoms with van der Waals surface area (Å²) < 4.78 is 7.63. The molecule has 124 valence electrons. The van der Waals surface area contributed by atoms with Gasteiger partial charge in [-0.2, -0.15) is 5.10 Å². The van der Waals surface area contributed by atoms with Crippen LogP contribution >= 0.6 is 11.3 Å². The first-order valence-corrected chi connectivity index (χ1v) is 8.78. The number of nitrogens with zero attached hydrogens (tertiary/aromatic N) is 3. The maximum absolute atomic E-state index is 12.1. The Morgan fingerprint density at radius 1 is 1.48 bits per heavy atom. The van der Waals surface area contributed by atoms with Crippen LogP contribution < -0.4 is 5.32 Å². The summed E-state index contributed by atoms with van der Waals surface area (Å²) in [5.41, 5.74) is 0. The van der Waals surface area contributed by atoms with Crippen LogP contribution in [0.5, 0.6) is 0 Å². The summed E-state index contributed by atoms with van der Waals surface area (Å²) in [5, 5.41) is 9.26. The van der Waals surface area contributed by atoms with Crippen LogP contribution in [0, 0.1) is 0 Å². The van der Waals surface area contributed by atoms with E-state index < -0.39 is 0 Å².